The standard InChI is InChI=1S/C64H41NOS/c1-63(2)51-23-10-5-19-43(51)45-32-30-39(35-55(45)63)65(57-26-15-28-59-62(57)47-22-8-13-27-58(47)66-59)38-31-33-54-48(34-38)41-17-4-3-16-40(41)42-18-6-11-24-52(42)64(54)53-25-12-7-20-44(53)49-37-61-50(36-56(49)64)46-21-9-14-29-60(46)67-61/h3-37H,1-2H3. The zero-order valence-corrected chi connectivity index (χ0v) is 37.8. The van der Waals surface area contributed by atoms with Crippen molar-refractivity contribution in [2.24, 2.45) is 0 Å². The first kappa shape index (κ1) is 37.3. The minimum atomic E-state index is -0.610. The van der Waals surface area contributed by atoms with Crippen LogP contribution in [-0.4, -0.2) is 0 Å². The van der Waals surface area contributed by atoms with Crippen LogP contribution in [0.1, 0.15) is 47.2 Å². The summed E-state index contributed by atoms with van der Waals surface area (Å²) < 4.78 is 9.25. The highest BCUT2D eigenvalue weighted by Crippen LogP contribution is 2.63. The summed E-state index contributed by atoms with van der Waals surface area (Å²) in [5.41, 5.74) is 22.4. The molecule has 1 unspecified atom stereocenters. The highest BCUT2D eigenvalue weighted by molar-refractivity contribution is 7.25. The van der Waals surface area contributed by atoms with Crippen molar-refractivity contribution in [1.82, 2.24) is 0 Å². The zero-order valence-electron chi connectivity index (χ0n) is 37.0. The Kier molecular flexibility index (Phi) is 7.41. The van der Waals surface area contributed by atoms with Gasteiger partial charge in [0.2, 0.25) is 0 Å². The van der Waals surface area contributed by atoms with Crippen LogP contribution in [0.5, 0.6) is 0 Å². The van der Waals surface area contributed by atoms with Gasteiger partial charge in [-0.25, -0.2) is 0 Å². The number of anilines is 3. The molecule has 314 valence electrons. The molecule has 1 spiro atoms. The molecule has 3 aliphatic rings. The van der Waals surface area contributed by atoms with Crippen LogP contribution in [0.15, 0.2) is 217 Å². The average molecular weight is 872 g/mol. The van der Waals surface area contributed by atoms with Crippen LogP contribution in [0, 0.1) is 0 Å². The lowest BCUT2D eigenvalue weighted by molar-refractivity contribution is 0.660. The molecule has 12 aromatic rings. The summed E-state index contributed by atoms with van der Waals surface area (Å²) in [6, 6.07) is 79.8. The van der Waals surface area contributed by atoms with E-state index in [1.54, 1.807) is 0 Å². The highest BCUT2D eigenvalue weighted by atomic mass is 32.1. The quantitative estimate of drug-likeness (QED) is 0.176. The molecule has 0 saturated heterocycles. The van der Waals surface area contributed by atoms with Crippen LogP contribution in [0.3, 0.4) is 0 Å². The van der Waals surface area contributed by atoms with E-state index in [-0.39, 0.29) is 5.41 Å². The number of hydrogen-bond acceptors (Lipinski definition) is 3. The monoisotopic (exact) mass is 871 g/mol. The van der Waals surface area contributed by atoms with Gasteiger partial charge < -0.3 is 9.32 Å². The van der Waals surface area contributed by atoms with Gasteiger partial charge in [-0.05, 0) is 139 Å². The first-order valence-electron chi connectivity index (χ1n) is 23.3. The normalized spacial score (nSPS) is 15.8. The summed E-state index contributed by atoms with van der Waals surface area (Å²) in [7, 11) is 0. The molecule has 1 atom stereocenters. The minimum Gasteiger partial charge on any atom is -0.456 e. The molecule has 0 bridgehead atoms. The molecule has 0 radical (unpaired) electrons. The van der Waals surface area contributed by atoms with Crippen molar-refractivity contribution in [1.29, 1.82) is 0 Å². The molecule has 0 saturated carbocycles. The van der Waals surface area contributed by atoms with Crippen LogP contribution < -0.4 is 4.90 Å². The van der Waals surface area contributed by atoms with E-state index in [0.717, 1.165) is 39.0 Å². The molecular weight excluding hydrogens is 831 g/mol. The molecule has 0 fully saturated rings. The molecule has 0 amide bonds. The first-order chi connectivity index (χ1) is 33.0. The molecule has 10 aromatic carbocycles. The Hall–Kier alpha value is -7.98. The fraction of sp³-hybridized carbons (Fsp3) is 0.0625. The number of furan rings is 1. The highest BCUT2D eigenvalue weighted by Gasteiger charge is 2.50. The van der Waals surface area contributed by atoms with Crippen molar-refractivity contribution in [2.45, 2.75) is 24.7 Å². The lowest BCUT2D eigenvalue weighted by atomic mass is 9.65. The van der Waals surface area contributed by atoms with Crippen molar-refractivity contribution < 1.29 is 4.42 Å². The Balaban J connectivity index is 1.06. The van der Waals surface area contributed by atoms with Gasteiger partial charge in [0.05, 0.1) is 16.5 Å². The molecule has 2 nitrogen and oxygen atoms in total. The van der Waals surface area contributed by atoms with Gasteiger partial charge in [0, 0.05) is 42.3 Å². The molecule has 0 N–H and O–H groups in total. The third-order valence-electron chi connectivity index (χ3n) is 15.5. The molecular formula is C64H41NOS. The van der Waals surface area contributed by atoms with Crippen LogP contribution in [0.25, 0.3) is 86.6 Å². The largest absolute Gasteiger partial charge is 0.456 e. The molecule has 2 aromatic heterocycles. The Morgan fingerprint density at radius 2 is 0.910 bits per heavy atom. The second kappa shape index (κ2) is 13.3. The van der Waals surface area contributed by atoms with Gasteiger partial charge in [-0.3, -0.25) is 0 Å². The summed E-state index contributed by atoms with van der Waals surface area (Å²) >= 11 is 1.90. The maximum Gasteiger partial charge on any atom is 0.137 e. The van der Waals surface area contributed by atoms with Gasteiger partial charge in [0.15, 0.2) is 0 Å². The fourth-order valence-electron chi connectivity index (χ4n) is 12.6. The third kappa shape index (κ3) is 4.84. The number of rotatable bonds is 3. The van der Waals surface area contributed by atoms with Gasteiger partial charge in [0.1, 0.15) is 11.2 Å². The van der Waals surface area contributed by atoms with E-state index in [2.05, 4.69) is 231 Å². The molecule has 67 heavy (non-hydrogen) atoms. The smallest absolute Gasteiger partial charge is 0.137 e. The maximum atomic E-state index is 6.61. The van der Waals surface area contributed by atoms with E-state index in [1.807, 2.05) is 11.3 Å². The Bertz CT molecular complexity index is 4110. The molecule has 2 heterocycles. The van der Waals surface area contributed by atoms with E-state index < -0.39 is 5.41 Å². The predicted octanol–water partition coefficient (Wildman–Crippen LogP) is 17.7. The predicted molar refractivity (Wildman–Crippen MR) is 281 cm³/mol. The lowest BCUT2D eigenvalue weighted by Gasteiger charge is -2.36. The summed E-state index contributed by atoms with van der Waals surface area (Å²) in [6.45, 7) is 4.74. The second-order valence-electron chi connectivity index (χ2n) is 19.1. The van der Waals surface area contributed by atoms with Crippen LogP contribution in [0.2, 0.25) is 0 Å². The van der Waals surface area contributed by atoms with E-state index in [4.69, 9.17) is 4.42 Å². The maximum absolute atomic E-state index is 6.61. The van der Waals surface area contributed by atoms with Crippen molar-refractivity contribution in [3.05, 3.63) is 246 Å². The number of benzene rings is 10. The average Bonchev–Trinajstić information content (AvgIpc) is 4.07. The van der Waals surface area contributed by atoms with Gasteiger partial charge >= 0.3 is 0 Å². The Morgan fingerprint density at radius 3 is 1.70 bits per heavy atom. The topological polar surface area (TPSA) is 16.4 Å². The van der Waals surface area contributed by atoms with E-state index in [0.29, 0.717) is 0 Å². The summed E-state index contributed by atoms with van der Waals surface area (Å²) in [5.74, 6) is 0. The first-order valence-corrected chi connectivity index (χ1v) is 24.1. The minimum absolute atomic E-state index is 0.171. The molecule has 3 heteroatoms. The number of fused-ring (bicyclic) bond motifs is 21. The van der Waals surface area contributed by atoms with E-state index >= 15 is 0 Å². The van der Waals surface area contributed by atoms with Gasteiger partial charge in [-0.15, -0.1) is 11.3 Å². The summed E-state index contributed by atoms with van der Waals surface area (Å²) in [5, 5.41) is 4.84. The number of thiophene rings is 1. The van der Waals surface area contributed by atoms with Crippen LogP contribution in [0.4, 0.5) is 17.1 Å². The molecule has 0 aliphatic heterocycles. The number of nitrogens with zero attached hydrogens (tertiary/aromatic N) is 1. The van der Waals surface area contributed by atoms with Gasteiger partial charge in [-0.1, -0.05) is 166 Å². The molecule has 3 aliphatic carbocycles. The van der Waals surface area contributed by atoms with Crippen LogP contribution >= 0.6 is 11.3 Å². The zero-order chi connectivity index (χ0) is 44.2. The second-order valence-corrected chi connectivity index (χ2v) is 20.2. The third-order valence-corrected chi connectivity index (χ3v) is 16.6. The number of para-hydroxylation sites is 1. The van der Waals surface area contributed by atoms with Crippen molar-refractivity contribution >= 4 is 70.5 Å². The Morgan fingerprint density at radius 1 is 0.358 bits per heavy atom. The van der Waals surface area contributed by atoms with E-state index in [9.17, 15) is 0 Å². The lowest BCUT2D eigenvalue weighted by Crippen LogP contribution is -2.29. The van der Waals surface area contributed by atoms with Gasteiger partial charge in [-0.2, -0.15) is 0 Å². The summed E-state index contributed by atoms with van der Waals surface area (Å²) in [6.07, 6.45) is 0. The summed E-state index contributed by atoms with van der Waals surface area (Å²) in [4.78, 5) is 2.49. The Labute approximate surface area is 392 Å². The van der Waals surface area contributed by atoms with Crippen molar-refractivity contribution in [3.8, 4) is 44.5 Å². The fourth-order valence-corrected chi connectivity index (χ4v) is 13.8. The van der Waals surface area contributed by atoms with E-state index in [1.165, 1.54) is 98.1 Å². The van der Waals surface area contributed by atoms with Crippen molar-refractivity contribution in [2.75, 3.05) is 4.90 Å². The van der Waals surface area contributed by atoms with Gasteiger partial charge in [0.25, 0.3) is 0 Å². The van der Waals surface area contributed by atoms with Crippen molar-refractivity contribution in [3.63, 3.8) is 0 Å². The SMILES string of the molecule is CC1(C)c2ccccc2-c2ccc(N(c3ccc4c(c3)-c3ccccc3-c3ccccc3C43c4ccccc4-c4cc5sc6ccccc6c5cc43)c3cccc4oc5ccccc5c34)cc21. The van der Waals surface area contributed by atoms with Crippen LogP contribution in [-0.2, 0) is 10.8 Å². The molecule has 15 rings (SSSR count). The number of hydrogen-bond donors (Lipinski definition) is 0.